The van der Waals surface area contributed by atoms with Gasteiger partial charge in [0.25, 0.3) is 0 Å². The van der Waals surface area contributed by atoms with Crippen molar-refractivity contribution in [3.8, 4) is 0 Å². The molecule has 0 atom stereocenters. The van der Waals surface area contributed by atoms with Crippen LogP contribution in [-0.2, 0) is 13.5 Å². The topological polar surface area (TPSA) is 29.9 Å². The quantitative estimate of drug-likeness (QED) is 0.882. The lowest BCUT2D eigenvalue weighted by Gasteiger charge is -2.23. The molecule has 0 unspecified atom stereocenters. The standard InChI is InChI=1S/C16H29N3/c1-8-15-14(11-19(7)18-15)9-13(12(2)3)10-17-16(4,5)6/h9,11-12,17H,8,10H2,1-7H3/b13-9-. The van der Waals surface area contributed by atoms with Crippen LogP contribution in [0, 0.1) is 5.92 Å². The highest BCUT2D eigenvalue weighted by Crippen LogP contribution is 2.18. The fraction of sp³-hybridized carbons (Fsp3) is 0.688. The Bertz CT molecular complexity index is 433. The summed E-state index contributed by atoms with van der Waals surface area (Å²) in [5, 5.41) is 8.07. The molecule has 3 heteroatoms. The highest BCUT2D eigenvalue weighted by Gasteiger charge is 2.12. The van der Waals surface area contributed by atoms with Crippen molar-refractivity contribution >= 4 is 6.08 Å². The summed E-state index contributed by atoms with van der Waals surface area (Å²) in [6.45, 7) is 14.2. The van der Waals surface area contributed by atoms with Gasteiger partial charge in [-0.3, -0.25) is 4.68 Å². The Kier molecular flexibility index (Phi) is 5.36. The maximum Gasteiger partial charge on any atom is 0.0694 e. The summed E-state index contributed by atoms with van der Waals surface area (Å²) >= 11 is 0. The van der Waals surface area contributed by atoms with E-state index < -0.39 is 0 Å². The fourth-order valence-electron chi connectivity index (χ4n) is 1.94. The van der Waals surface area contributed by atoms with Crippen LogP contribution in [0.1, 0.15) is 52.8 Å². The van der Waals surface area contributed by atoms with Crippen LogP contribution < -0.4 is 5.32 Å². The van der Waals surface area contributed by atoms with Crippen LogP contribution in [0.2, 0.25) is 0 Å². The molecule has 0 aliphatic carbocycles. The first kappa shape index (κ1) is 16.0. The minimum absolute atomic E-state index is 0.149. The maximum atomic E-state index is 4.50. The van der Waals surface area contributed by atoms with Crippen molar-refractivity contribution in [2.75, 3.05) is 6.54 Å². The zero-order chi connectivity index (χ0) is 14.6. The van der Waals surface area contributed by atoms with Crippen molar-refractivity contribution in [1.29, 1.82) is 0 Å². The van der Waals surface area contributed by atoms with Gasteiger partial charge >= 0.3 is 0 Å². The third kappa shape index (κ3) is 5.19. The minimum atomic E-state index is 0.149. The average molecular weight is 263 g/mol. The molecular weight excluding hydrogens is 234 g/mol. The molecule has 0 saturated carbocycles. The van der Waals surface area contributed by atoms with E-state index in [1.807, 2.05) is 11.7 Å². The molecule has 0 fully saturated rings. The van der Waals surface area contributed by atoms with Crippen molar-refractivity contribution in [2.24, 2.45) is 13.0 Å². The van der Waals surface area contributed by atoms with Gasteiger partial charge in [0.05, 0.1) is 5.69 Å². The number of aryl methyl sites for hydroxylation is 2. The maximum absolute atomic E-state index is 4.50. The molecule has 3 nitrogen and oxygen atoms in total. The first-order valence-corrected chi connectivity index (χ1v) is 7.21. The van der Waals surface area contributed by atoms with E-state index >= 15 is 0 Å². The number of nitrogens with zero attached hydrogens (tertiary/aromatic N) is 2. The number of nitrogens with one attached hydrogen (secondary N) is 1. The van der Waals surface area contributed by atoms with Crippen molar-refractivity contribution in [1.82, 2.24) is 15.1 Å². The molecule has 0 bridgehead atoms. The smallest absolute Gasteiger partial charge is 0.0694 e. The molecule has 0 amide bonds. The van der Waals surface area contributed by atoms with E-state index in [1.54, 1.807) is 0 Å². The van der Waals surface area contributed by atoms with Crippen molar-refractivity contribution < 1.29 is 0 Å². The molecule has 0 radical (unpaired) electrons. The molecule has 0 spiro atoms. The second-order valence-corrected chi connectivity index (χ2v) is 6.54. The third-order valence-corrected chi connectivity index (χ3v) is 3.18. The highest BCUT2D eigenvalue weighted by atomic mass is 15.2. The molecule has 19 heavy (non-hydrogen) atoms. The molecule has 1 N–H and O–H groups in total. The van der Waals surface area contributed by atoms with Crippen LogP contribution in [0.3, 0.4) is 0 Å². The number of hydrogen-bond donors (Lipinski definition) is 1. The Hall–Kier alpha value is -1.09. The first-order chi connectivity index (χ1) is 8.73. The van der Waals surface area contributed by atoms with Gasteiger partial charge in [0.15, 0.2) is 0 Å². The summed E-state index contributed by atoms with van der Waals surface area (Å²) < 4.78 is 1.90. The molecule has 108 valence electrons. The van der Waals surface area contributed by atoms with E-state index in [0.717, 1.165) is 13.0 Å². The monoisotopic (exact) mass is 263 g/mol. The third-order valence-electron chi connectivity index (χ3n) is 3.18. The molecule has 0 aromatic carbocycles. The van der Waals surface area contributed by atoms with Gasteiger partial charge in [0.2, 0.25) is 0 Å². The molecule has 0 aliphatic heterocycles. The molecule has 0 saturated heterocycles. The van der Waals surface area contributed by atoms with Crippen LogP contribution >= 0.6 is 0 Å². The highest BCUT2D eigenvalue weighted by molar-refractivity contribution is 5.55. The van der Waals surface area contributed by atoms with Gasteiger partial charge < -0.3 is 5.32 Å². The Morgan fingerprint density at radius 2 is 2.05 bits per heavy atom. The SMILES string of the molecule is CCc1nn(C)cc1/C=C(/CNC(C)(C)C)C(C)C. The fourth-order valence-corrected chi connectivity index (χ4v) is 1.94. The summed E-state index contributed by atoms with van der Waals surface area (Å²) in [7, 11) is 1.99. The van der Waals surface area contributed by atoms with Gasteiger partial charge in [-0.1, -0.05) is 32.4 Å². The van der Waals surface area contributed by atoms with Crippen LogP contribution in [0.5, 0.6) is 0 Å². The summed E-state index contributed by atoms with van der Waals surface area (Å²) in [4.78, 5) is 0. The van der Waals surface area contributed by atoms with Crippen LogP contribution in [0.25, 0.3) is 6.08 Å². The second kappa shape index (κ2) is 6.38. The van der Waals surface area contributed by atoms with Gasteiger partial charge in [-0.05, 0) is 33.1 Å². The molecule has 0 aliphatic rings. The number of aromatic nitrogens is 2. The second-order valence-electron chi connectivity index (χ2n) is 6.54. The van der Waals surface area contributed by atoms with Crippen molar-refractivity contribution in [3.05, 3.63) is 23.0 Å². The van der Waals surface area contributed by atoms with Gasteiger partial charge in [-0.2, -0.15) is 5.10 Å². The zero-order valence-corrected chi connectivity index (χ0v) is 13.5. The average Bonchev–Trinajstić information content (AvgIpc) is 2.63. The summed E-state index contributed by atoms with van der Waals surface area (Å²) in [6, 6.07) is 0. The lowest BCUT2D eigenvalue weighted by Crippen LogP contribution is -2.37. The minimum Gasteiger partial charge on any atom is -0.308 e. The van der Waals surface area contributed by atoms with E-state index in [1.165, 1.54) is 16.8 Å². The van der Waals surface area contributed by atoms with Crippen molar-refractivity contribution in [2.45, 2.75) is 53.5 Å². The lowest BCUT2D eigenvalue weighted by atomic mass is 9.98. The Morgan fingerprint density at radius 3 is 2.53 bits per heavy atom. The van der Waals surface area contributed by atoms with Crippen LogP contribution in [0.15, 0.2) is 11.8 Å². The Balaban J connectivity index is 2.94. The summed E-state index contributed by atoms with van der Waals surface area (Å²) in [5.41, 5.74) is 4.01. The predicted octanol–water partition coefficient (Wildman–Crippen LogP) is 3.41. The van der Waals surface area contributed by atoms with Crippen LogP contribution in [0.4, 0.5) is 0 Å². The van der Waals surface area contributed by atoms with Gasteiger partial charge in [0, 0.05) is 30.9 Å². The molecule has 1 heterocycles. The normalized spacial score (nSPS) is 13.4. The van der Waals surface area contributed by atoms with E-state index in [9.17, 15) is 0 Å². The Labute approximate surface area is 118 Å². The zero-order valence-electron chi connectivity index (χ0n) is 13.5. The van der Waals surface area contributed by atoms with E-state index in [-0.39, 0.29) is 5.54 Å². The largest absolute Gasteiger partial charge is 0.308 e. The lowest BCUT2D eigenvalue weighted by molar-refractivity contribution is 0.437. The van der Waals surface area contributed by atoms with E-state index in [2.05, 4.69) is 64.2 Å². The van der Waals surface area contributed by atoms with Gasteiger partial charge in [0.1, 0.15) is 0 Å². The predicted molar refractivity (Wildman–Crippen MR) is 83.2 cm³/mol. The van der Waals surface area contributed by atoms with Crippen LogP contribution in [-0.4, -0.2) is 21.9 Å². The number of rotatable bonds is 5. The van der Waals surface area contributed by atoms with E-state index in [0.29, 0.717) is 5.92 Å². The van der Waals surface area contributed by atoms with Gasteiger partial charge in [-0.25, -0.2) is 0 Å². The summed E-state index contributed by atoms with van der Waals surface area (Å²) in [6.07, 6.45) is 5.39. The molecule has 1 aromatic heterocycles. The number of hydrogen-bond acceptors (Lipinski definition) is 2. The Morgan fingerprint density at radius 1 is 1.42 bits per heavy atom. The van der Waals surface area contributed by atoms with Crippen molar-refractivity contribution in [3.63, 3.8) is 0 Å². The molecule has 1 aromatic rings. The summed E-state index contributed by atoms with van der Waals surface area (Å²) in [5.74, 6) is 0.541. The first-order valence-electron chi connectivity index (χ1n) is 7.21. The molecule has 1 rings (SSSR count). The van der Waals surface area contributed by atoms with Gasteiger partial charge in [-0.15, -0.1) is 0 Å². The van der Waals surface area contributed by atoms with E-state index in [4.69, 9.17) is 0 Å². The molecular formula is C16H29N3.